The van der Waals surface area contributed by atoms with Crippen molar-refractivity contribution < 1.29 is 14.7 Å². The number of nitrogens with one attached hydrogen (secondary N) is 2. The zero-order valence-corrected chi connectivity index (χ0v) is 13.6. The summed E-state index contributed by atoms with van der Waals surface area (Å²) in [6, 6.07) is 0. The van der Waals surface area contributed by atoms with Crippen molar-refractivity contribution in [2.24, 2.45) is 5.92 Å². The van der Waals surface area contributed by atoms with Gasteiger partial charge in [-0.15, -0.1) is 11.3 Å². The molecule has 0 aromatic carbocycles. The van der Waals surface area contributed by atoms with Gasteiger partial charge in [0.2, 0.25) is 0 Å². The van der Waals surface area contributed by atoms with Crippen molar-refractivity contribution in [1.29, 1.82) is 0 Å². The number of hydrogen-bond acceptors (Lipinski definition) is 5. The number of carbonyl (C=O) groups excluding carboxylic acids is 1. The third-order valence-electron chi connectivity index (χ3n) is 4.00. The zero-order chi connectivity index (χ0) is 16.4. The van der Waals surface area contributed by atoms with Crippen LogP contribution in [0.3, 0.4) is 0 Å². The average molecular weight is 334 g/mol. The van der Waals surface area contributed by atoms with Crippen LogP contribution in [0.4, 0.5) is 0 Å². The Morgan fingerprint density at radius 3 is 3.09 bits per heavy atom. The number of carbonyl (C=O) groups is 2. The Bertz CT molecular complexity index is 737. The predicted octanol–water partition coefficient (Wildman–Crippen LogP) is 1.66. The Balaban J connectivity index is 1.57. The van der Waals surface area contributed by atoms with Crippen LogP contribution in [0.25, 0.3) is 0 Å². The summed E-state index contributed by atoms with van der Waals surface area (Å²) in [5.41, 5.74) is 2.63. The third kappa shape index (κ3) is 3.42. The van der Waals surface area contributed by atoms with Gasteiger partial charge in [0, 0.05) is 29.6 Å². The molecule has 2 aromatic heterocycles. The van der Waals surface area contributed by atoms with Gasteiger partial charge in [0.15, 0.2) is 11.4 Å². The first-order chi connectivity index (χ1) is 11.0. The van der Waals surface area contributed by atoms with Gasteiger partial charge >= 0.3 is 5.97 Å². The van der Waals surface area contributed by atoms with Gasteiger partial charge in [-0.3, -0.25) is 9.89 Å². The van der Waals surface area contributed by atoms with Gasteiger partial charge in [-0.1, -0.05) is 6.92 Å². The zero-order valence-electron chi connectivity index (χ0n) is 12.8. The number of hydrogen-bond donors (Lipinski definition) is 3. The van der Waals surface area contributed by atoms with Gasteiger partial charge in [0.05, 0.1) is 5.01 Å². The van der Waals surface area contributed by atoms with E-state index in [1.807, 2.05) is 0 Å². The van der Waals surface area contributed by atoms with Gasteiger partial charge in [-0.2, -0.15) is 5.10 Å². The smallest absolute Gasteiger partial charge is 0.355 e. The molecule has 1 aliphatic carbocycles. The lowest BCUT2D eigenvalue weighted by molar-refractivity contribution is 0.0690. The Labute approximate surface area is 137 Å². The van der Waals surface area contributed by atoms with Crippen molar-refractivity contribution in [3.05, 3.63) is 33.0 Å². The first kappa shape index (κ1) is 15.7. The summed E-state index contributed by atoms with van der Waals surface area (Å²) < 4.78 is 0. The molecule has 0 saturated carbocycles. The molecule has 0 saturated heterocycles. The number of amides is 1. The van der Waals surface area contributed by atoms with Crippen LogP contribution < -0.4 is 5.32 Å². The molecule has 0 unspecified atom stereocenters. The highest BCUT2D eigenvalue weighted by atomic mass is 32.1. The SMILES string of the molecule is C[C@H]1CCc2[nH]nc(C(=O)NCCc3nc(C(=O)O)cs3)c2C1. The molecular weight excluding hydrogens is 316 g/mol. The van der Waals surface area contributed by atoms with Crippen molar-refractivity contribution >= 4 is 23.2 Å². The van der Waals surface area contributed by atoms with Gasteiger partial charge in [0.1, 0.15) is 0 Å². The second-order valence-corrected chi connectivity index (χ2v) is 6.76. The van der Waals surface area contributed by atoms with Gasteiger partial charge in [-0.05, 0) is 25.2 Å². The minimum atomic E-state index is -1.03. The molecule has 7 nitrogen and oxygen atoms in total. The van der Waals surface area contributed by atoms with Crippen LogP contribution in [0.5, 0.6) is 0 Å². The number of rotatable bonds is 5. The standard InChI is InChI=1S/C15H18N4O3S/c1-8-2-3-10-9(6-8)13(19-18-10)14(20)16-5-4-12-17-11(7-23-12)15(21)22/h7-8H,2-6H2,1H3,(H,16,20)(H,18,19)(H,21,22)/t8-/m0/s1. The summed E-state index contributed by atoms with van der Waals surface area (Å²) in [6.45, 7) is 2.59. The molecule has 2 aromatic rings. The molecule has 0 spiro atoms. The summed E-state index contributed by atoms with van der Waals surface area (Å²) >= 11 is 1.29. The Kier molecular flexibility index (Phi) is 4.42. The summed E-state index contributed by atoms with van der Waals surface area (Å²) in [5, 5.41) is 21.0. The van der Waals surface area contributed by atoms with Crippen LogP contribution >= 0.6 is 11.3 Å². The normalized spacial score (nSPS) is 16.8. The highest BCUT2D eigenvalue weighted by Crippen LogP contribution is 2.26. The van der Waals surface area contributed by atoms with E-state index in [1.165, 1.54) is 16.7 Å². The summed E-state index contributed by atoms with van der Waals surface area (Å²) in [4.78, 5) is 27.1. The van der Waals surface area contributed by atoms with Crippen molar-refractivity contribution in [1.82, 2.24) is 20.5 Å². The average Bonchev–Trinajstić information content (AvgIpc) is 3.13. The number of aromatic carboxylic acids is 1. The summed E-state index contributed by atoms with van der Waals surface area (Å²) in [7, 11) is 0. The minimum Gasteiger partial charge on any atom is -0.476 e. The number of aromatic amines is 1. The number of carboxylic acids is 1. The molecule has 0 aliphatic heterocycles. The molecule has 1 aliphatic rings. The molecule has 1 atom stereocenters. The predicted molar refractivity (Wildman–Crippen MR) is 84.9 cm³/mol. The van der Waals surface area contributed by atoms with E-state index in [0.29, 0.717) is 29.6 Å². The van der Waals surface area contributed by atoms with Gasteiger partial charge < -0.3 is 10.4 Å². The number of thiazole rings is 1. The van der Waals surface area contributed by atoms with E-state index in [0.717, 1.165) is 30.5 Å². The van der Waals surface area contributed by atoms with Crippen LogP contribution in [0.1, 0.15) is 50.6 Å². The lowest BCUT2D eigenvalue weighted by atomic mass is 9.87. The minimum absolute atomic E-state index is 0.0479. The number of aromatic nitrogens is 3. The molecule has 0 bridgehead atoms. The monoisotopic (exact) mass is 334 g/mol. The number of aryl methyl sites for hydroxylation is 1. The number of H-pyrrole nitrogens is 1. The lowest BCUT2D eigenvalue weighted by Crippen LogP contribution is -2.27. The van der Waals surface area contributed by atoms with Crippen LogP contribution in [-0.4, -0.2) is 38.7 Å². The van der Waals surface area contributed by atoms with E-state index < -0.39 is 5.97 Å². The van der Waals surface area contributed by atoms with Crippen LogP contribution in [-0.2, 0) is 19.3 Å². The first-order valence-corrected chi connectivity index (χ1v) is 8.44. The Morgan fingerprint density at radius 1 is 1.52 bits per heavy atom. The molecule has 3 rings (SSSR count). The van der Waals surface area contributed by atoms with E-state index in [4.69, 9.17) is 5.11 Å². The van der Waals surface area contributed by atoms with Crippen molar-refractivity contribution in [2.75, 3.05) is 6.54 Å². The fourth-order valence-electron chi connectivity index (χ4n) is 2.75. The number of nitrogens with zero attached hydrogens (tertiary/aromatic N) is 2. The number of carboxylic acid groups (broad SMARTS) is 1. The molecule has 3 N–H and O–H groups in total. The van der Waals surface area contributed by atoms with E-state index in [1.54, 1.807) is 0 Å². The van der Waals surface area contributed by atoms with Crippen LogP contribution in [0.15, 0.2) is 5.38 Å². The van der Waals surface area contributed by atoms with Crippen molar-refractivity contribution in [3.8, 4) is 0 Å². The van der Waals surface area contributed by atoms with E-state index in [9.17, 15) is 9.59 Å². The molecule has 23 heavy (non-hydrogen) atoms. The van der Waals surface area contributed by atoms with Gasteiger partial charge in [0.25, 0.3) is 5.91 Å². The molecule has 122 valence electrons. The Morgan fingerprint density at radius 2 is 2.35 bits per heavy atom. The quantitative estimate of drug-likeness (QED) is 0.771. The highest BCUT2D eigenvalue weighted by Gasteiger charge is 2.24. The molecule has 0 radical (unpaired) electrons. The maximum atomic E-state index is 12.3. The molecule has 2 heterocycles. The topological polar surface area (TPSA) is 108 Å². The molecule has 1 amide bonds. The summed E-state index contributed by atoms with van der Waals surface area (Å²) in [5.74, 6) is -0.656. The maximum absolute atomic E-state index is 12.3. The lowest BCUT2D eigenvalue weighted by Gasteiger charge is -2.17. The van der Waals surface area contributed by atoms with Crippen LogP contribution in [0, 0.1) is 5.92 Å². The fraction of sp³-hybridized carbons (Fsp3) is 0.467. The Hall–Kier alpha value is -2.22. The van der Waals surface area contributed by atoms with E-state index in [2.05, 4.69) is 27.4 Å². The maximum Gasteiger partial charge on any atom is 0.355 e. The summed E-state index contributed by atoms with van der Waals surface area (Å²) in [6.07, 6.45) is 3.44. The van der Waals surface area contributed by atoms with E-state index >= 15 is 0 Å². The molecule has 8 heteroatoms. The van der Waals surface area contributed by atoms with Crippen molar-refractivity contribution in [2.45, 2.75) is 32.6 Å². The van der Waals surface area contributed by atoms with Gasteiger partial charge in [-0.25, -0.2) is 9.78 Å². The van der Waals surface area contributed by atoms with E-state index in [-0.39, 0.29) is 11.6 Å². The fourth-order valence-corrected chi connectivity index (χ4v) is 3.52. The third-order valence-corrected chi connectivity index (χ3v) is 4.91. The highest BCUT2D eigenvalue weighted by molar-refractivity contribution is 7.09. The van der Waals surface area contributed by atoms with Crippen LogP contribution in [0.2, 0.25) is 0 Å². The largest absolute Gasteiger partial charge is 0.476 e. The molecular formula is C15H18N4O3S. The number of fused-ring (bicyclic) bond motifs is 1. The second-order valence-electron chi connectivity index (χ2n) is 5.81. The first-order valence-electron chi connectivity index (χ1n) is 7.56. The van der Waals surface area contributed by atoms with Crippen molar-refractivity contribution in [3.63, 3.8) is 0 Å². The molecule has 0 fully saturated rings. The second kappa shape index (κ2) is 6.49.